The first kappa shape index (κ1) is 22.4. The first-order valence-electron chi connectivity index (χ1n) is 10.3. The minimum Gasteiger partial charge on any atom is -0.497 e. The van der Waals surface area contributed by atoms with E-state index in [0.717, 1.165) is 0 Å². The zero-order chi connectivity index (χ0) is 23.5. The van der Waals surface area contributed by atoms with Crippen molar-refractivity contribution < 1.29 is 19.1 Å². The number of nitrogens with one attached hydrogen (secondary N) is 2. The minimum absolute atomic E-state index is 0.131. The fourth-order valence-electron chi connectivity index (χ4n) is 3.99. The van der Waals surface area contributed by atoms with E-state index < -0.39 is 6.04 Å². The van der Waals surface area contributed by atoms with Gasteiger partial charge in [0.15, 0.2) is 0 Å². The second kappa shape index (κ2) is 9.38. The average molecular weight is 467 g/mol. The lowest BCUT2D eigenvalue weighted by atomic mass is 9.95. The number of urea groups is 1. The van der Waals surface area contributed by atoms with E-state index in [-0.39, 0.29) is 37.5 Å². The fourth-order valence-corrected chi connectivity index (χ4v) is 4.23. The fraction of sp³-hybridized carbons (Fsp3) is 0.208. The van der Waals surface area contributed by atoms with E-state index in [1.54, 1.807) is 61.7 Å². The number of rotatable bonds is 7. The van der Waals surface area contributed by atoms with Gasteiger partial charge in [-0.05, 0) is 35.9 Å². The Balaban J connectivity index is 1.57. The number of anilines is 1. The first-order valence-corrected chi connectivity index (χ1v) is 10.7. The van der Waals surface area contributed by atoms with Crippen LogP contribution in [0.15, 0.2) is 72.5 Å². The molecule has 0 aliphatic carbocycles. The highest BCUT2D eigenvalue weighted by molar-refractivity contribution is 6.31. The predicted octanol–water partition coefficient (Wildman–Crippen LogP) is 3.34. The number of carbonyl (C=O) groups excluding carboxylic acids is 3. The van der Waals surface area contributed by atoms with E-state index >= 15 is 0 Å². The standard InChI is InChI=1S/C24H23ClN4O4/c1-3-12-29-19-13-28(14-20(30)26-15-8-10-16(33-2)11-9-15)23(31)21(19)22(27-24(29)32)17-6-4-5-7-18(17)25/h3-11,22H,1,12-14H2,2H3,(H,26,30)(H,27,32)/t22-/m1/s1. The van der Waals surface area contributed by atoms with Crippen LogP contribution in [0.1, 0.15) is 11.6 Å². The van der Waals surface area contributed by atoms with Gasteiger partial charge in [0.2, 0.25) is 5.91 Å². The molecule has 0 aromatic heterocycles. The van der Waals surface area contributed by atoms with Gasteiger partial charge in [-0.15, -0.1) is 6.58 Å². The number of hydrogen-bond donors (Lipinski definition) is 2. The van der Waals surface area contributed by atoms with Gasteiger partial charge in [0.05, 0.1) is 31.0 Å². The van der Waals surface area contributed by atoms with Crippen LogP contribution >= 0.6 is 11.6 Å². The normalized spacial score (nSPS) is 17.6. The van der Waals surface area contributed by atoms with Crippen LogP contribution in [0.2, 0.25) is 5.02 Å². The Kier molecular flexibility index (Phi) is 6.37. The summed E-state index contributed by atoms with van der Waals surface area (Å²) >= 11 is 6.37. The summed E-state index contributed by atoms with van der Waals surface area (Å²) in [7, 11) is 1.56. The maximum absolute atomic E-state index is 13.4. The molecule has 0 saturated carbocycles. The molecule has 2 aromatic rings. The highest BCUT2D eigenvalue weighted by atomic mass is 35.5. The van der Waals surface area contributed by atoms with Crippen molar-refractivity contribution in [2.45, 2.75) is 6.04 Å². The molecule has 2 aromatic carbocycles. The van der Waals surface area contributed by atoms with Crippen LogP contribution < -0.4 is 15.4 Å². The SMILES string of the molecule is C=CCN1C(=O)N[C@H](c2ccccc2Cl)C2=C1CN(CC(=O)Nc1ccc(OC)cc1)C2=O. The smallest absolute Gasteiger partial charge is 0.322 e. The van der Waals surface area contributed by atoms with Crippen molar-refractivity contribution >= 4 is 35.1 Å². The predicted molar refractivity (Wildman–Crippen MR) is 125 cm³/mol. The molecule has 2 aliphatic rings. The summed E-state index contributed by atoms with van der Waals surface area (Å²) in [5.74, 6) is -0.00392. The Labute approximate surface area is 196 Å². The van der Waals surface area contributed by atoms with Crippen molar-refractivity contribution in [3.63, 3.8) is 0 Å². The molecule has 33 heavy (non-hydrogen) atoms. The lowest BCUT2D eigenvalue weighted by molar-refractivity contribution is -0.130. The van der Waals surface area contributed by atoms with Crippen molar-refractivity contribution in [2.75, 3.05) is 32.1 Å². The Morgan fingerprint density at radius 1 is 1.24 bits per heavy atom. The maximum atomic E-state index is 13.4. The van der Waals surface area contributed by atoms with Crippen LogP contribution in [-0.2, 0) is 9.59 Å². The average Bonchev–Trinajstić information content (AvgIpc) is 3.12. The Hall–Kier alpha value is -3.78. The van der Waals surface area contributed by atoms with Crippen LogP contribution in [-0.4, -0.2) is 54.4 Å². The van der Waals surface area contributed by atoms with E-state index in [1.165, 1.54) is 9.80 Å². The summed E-state index contributed by atoms with van der Waals surface area (Å²) in [6, 6.07) is 12.9. The topological polar surface area (TPSA) is 91.0 Å². The van der Waals surface area contributed by atoms with Crippen molar-refractivity contribution in [2.24, 2.45) is 0 Å². The van der Waals surface area contributed by atoms with Crippen molar-refractivity contribution in [1.82, 2.24) is 15.1 Å². The number of hydrogen-bond acceptors (Lipinski definition) is 4. The van der Waals surface area contributed by atoms with Gasteiger partial charge in [-0.25, -0.2) is 4.79 Å². The van der Waals surface area contributed by atoms with E-state index in [0.29, 0.717) is 33.3 Å². The zero-order valence-corrected chi connectivity index (χ0v) is 18.8. The summed E-state index contributed by atoms with van der Waals surface area (Å²) in [5.41, 5.74) is 2.16. The molecular formula is C24H23ClN4O4. The molecule has 4 amide bonds. The van der Waals surface area contributed by atoms with E-state index in [2.05, 4.69) is 17.2 Å². The third kappa shape index (κ3) is 4.42. The van der Waals surface area contributed by atoms with Gasteiger partial charge in [-0.2, -0.15) is 0 Å². The largest absolute Gasteiger partial charge is 0.497 e. The number of benzene rings is 2. The molecule has 2 aliphatic heterocycles. The Bertz CT molecular complexity index is 1150. The molecule has 2 heterocycles. The molecule has 0 spiro atoms. The lowest BCUT2D eigenvalue weighted by Gasteiger charge is -2.33. The Morgan fingerprint density at radius 3 is 2.64 bits per heavy atom. The number of amides is 4. The summed E-state index contributed by atoms with van der Waals surface area (Å²) in [6.45, 7) is 3.91. The third-order valence-corrected chi connectivity index (χ3v) is 5.88. The van der Waals surface area contributed by atoms with Crippen molar-refractivity contribution in [1.29, 1.82) is 0 Å². The van der Waals surface area contributed by atoms with Crippen molar-refractivity contribution in [3.05, 3.63) is 83.0 Å². The molecule has 0 radical (unpaired) electrons. The molecule has 0 unspecified atom stereocenters. The summed E-state index contributed by atoms with van der Waals surface area (Å²) < 4.78 is 5.12. The van der Waals surface area contributed by atoms with Crippen LogP contribution in [0.4, 0.5) is 10.5 Å². The molecule has 0 saturated heterocycles. The molecule has 4 rings (SSSR count). The number of nitrogens with zero attached hydrogens (tertiary/aromatic N) is 2. The number of ether oxygens (including phenoxy) is 1. The van der Waals surface area contributed by atoms with Crippen LogP contribution in [0.5, 0.6) is 5.75 Å². The van der Waals surface area contributed by atoms with Gasteiger partial charge in [0.25, 0.3) is 5.91 Å². The van der Waals surface area contributed by atoms with Gasteiger partial charge >= 0.3 is 6.03 Å². The molecule has 1 atom stereocenters. The molecule has 2 N–H and O–H groups in total. The van der Waals surface area contributed by atoms with E-state index in [4.69, 9.17) is 16.3 Å². The summed E-state index contributed by atoms with van der Waals surface area (Å²) in [6.07, 6.45) is 1.59. The van der Waals surface area contributed by atoms with Crippen LogP contribution in [0.25, 0.3) is 0 Å². The van der Waals surface area contributed by atoms with Crippen LogP contribution in [0, 0.1) is 0 Å². The molecule has 0 fully saturated rings. The molecule has 8 nitrogen and oxygen atoms in total. The van der Waals surface area contributed by atoms with Gasteiger partial charge in [-0.3, -0.25) is 14.5 Å². The summed E-state index contributed by atoms with van der Waals surface area (Å²) in [5, 5.41) is 6.09. The van der Waals surface area contributed by atoms with Gasteiger partial charge in [0.1, 0.15) is 12.3 Å². The number of halogens is 1. The minimum atomic E-state index is -0.704. The van der Waals surface area contributed by atoms with Gasteiger partial charge < -0.3 is 20.3 Å². The highest BCUT2D eigenvalue weighted by Crippen LogP contribution is 2.38. The first-order chi connectivity index (χ1) is 15.9. The third-order valence-electron chi connectivity index (χ3n) is 5.53. The maximum Gasteiger partial charge on any atom is 0.322 e. The highest BCUT2D eigenvalue weighted by Gasteiger charge is 2.44. The molecule has 0 bridgehead atoms. The number of methoxy groups -OCH3 is 1. The molecule has 170 valence electrons. The lowest BCUT2D eigenvalue weighted by Crippen LogP contribution is -2.47. The Morgan fingerprint density at radius 2 is 1.97 bits per heavy atom. The monoisotopic (exact) mass is 466 g/mol. The zero-order valence-electron chi connectivity index (χ0n) is 18.0. The quantitative estimate of drug-likeness (QED) is 0.612. The van der Waals surface area contributed by atoms with Crippen molar-refractivity contribution in [3.8, 4) is 5.75 Å². The molecular weight excluding hydrogens is 444 g/mol. The second-order valence-corrected chi connectivity index (χ2v) is 8.01. The molecule has 9 heteroatoms. The number of carbonyl (C=O) groups is 3. The van der Waals surface area contributed by atoms with Gasteiger partial charge in [-0.1, -0.05) is 35.9 Å². The second-order valence-electron chi connectivity index (χ2n) is 7.60. The van der Waals surface area contributed by atoms with E-state index in [1.807, 2.05) is 0 Å². The van der Waals surface area contributed by atoms with Crippen LogP contribution in [0.3, 0.4) is 0 Å². The summed E-state index contributed by atoms with van der Waals surface area (Å²) in [4.78, 5) is 41.8. The van der Waals surface area contributed by atoms with E-state index in [9.17, 15) is 14.4 Å². The van der Waals surface area contributed by atoms with Gasteiger partial charge in [0, 0.05) is 17.3 Å².